The van der Waals surface area contributed by atoms with Crippen LogP contribution in [0.3, 0.4) is 0 Å². The predicted molar refractivity (Wildman–Crippen MR) is 78.3 cm³/mol. The van der Waals surface area contributed by atoms with Gasteiger partial charge in [-0.15, -0.1) is 0 Å². The maximum Gasteiger partial charge on any atom is 0.126 e. The van der Waals surface area contributed by atoms with Gasteiger partial charge in [-0.25, -0.2) is 0 Å². The van der Waals surface area contributed by atoms with Gasteiger partial charge in [0.15, 0.2) is 0 Å². The molecule has 0 spiro atoms. The maximum atomic E-state index is 10.1. The lowest BCUT2D eigenvalue weighted by molar-refractivity contribution is 0.135. The van der Waals surface area contributed by atoms with Gasteiger partial charge in [-0.05, 0) is 23.4 Å². The van der Waals surface area contributed by atoms with E-state index in [2.05, 4.69) is 0 Å². The first-order valence-corrected chi connectivity index (χ1v) is 6.68. The Bertz CT molecular complexity index is 553. The van der Waals surface area contributed by atoms with Crippen LogP contribution in [0.2, 0.25) is 0 Å². The Kier molecular flexibility index (Phi) is 4.40. The predicted octanol–water partition coefficient (Wildman–Crippen LogP) is 3.01. The largest absolute Gasteiger partial charge is 0.496 e. The zero-order valence-electron chi connectivity index (χ0n) is 11.5. The maximum absolute atomic E-state index is 10.1. The van der Waals surface area contributed by atoms with Crippen LogP contribution in [0.25, 0.3) is 10.8 Å². The molecule has 0 unspecified atom stereocenters. The van der Waals surface area contributed by atoms with E-state index in [0.29, 0.717) is 6.42 Å². The molecule has 3 N–H and O–H groups in total. The Labute approximate surface area is 114 Å². The number of methoxy groups -OCH3 is 1. The highest BCUT2D eigenvalue weighted by Gasteiger charge is 2.19. The van der Waals surface area contributed by atoms with Gasteiger partial charge in [0.2, 0.25) is 0 Å². The van der Waals surface area contributed by atoms with E-state index in [4.69, 9.17) is 10.5 Å². The molecule has 0 saturated carbocycles. The molecule has 0 aliphatic heterocycles. The molecule has 2 aromatic rings. The number of aliphatic hydroxyl groups is 1. The van der Waals surface area contributed by atoms with Crippen LogP contribution in [0.4, 0.5) is 0 Å². The summed E-state index contributed by atoms with van der Waals surface area (Å²) in [6, 6.07) is 11.5. The van der Waals surface area contributed by atoms with Gasteiger partial charge in [0.05, 0.1) is 19.3 Å². The third-order valence-electron chi connectivity index (χ3n) is 3.50. The van der Waals surface area contributed by atoms with Crippen LogP contribution in [0.1, 0.15) is 31.4 Å². The van der Waals surface area contributed by atoms with Crippen molar-refractivity contribution in [1.82, 2.24) is 0 Å². The Morgan fingerprint density at radius 2 is 1.84 bits per heavy atom. The lowest BCUT2D eigenvalue weighted by Crippen LogP contribution is -2.26. The summed E-state index contributed by atoms with van der Waals surface area (Å²) < 4.78 is 5.37. The van der Waals surface area contributed by atoms with Crippen molar-refractivity contribution in [3.05, 3.63) is 42.0 Å². The normalized spacial score (nSPS) is 14.3. The van der Waals surface area contributed by atoms with Crippen LogP contribution in [0.15, 0.2) is 36.4 Å². The summed E-state index contributed by atoms with van der Waals surface area (Å²) in [4.78, 5) is 0. The molecule has 0 aromatic heterocycles. The Morgan fingerprint density at radius 1 is 1.16 bits per heavy atom. The first kappa shape index (κ1) is 13.8. The van der Waals surface area contributed by atoms with Crippen LogP contribution in [0, 0.1) is 0 Å². The van der Waals surface area contributed by atoms with E-state index in [1.54, 1.807) is 7.11 Å². The summed E-state index contributed by atoms with van der Waals surface area (Å²) in [5.74, 6) is 0.830. The molecule has 0 aliphatic carbocycles. The van der Waals surface area contributed by atoms with Crippen LogP contribution >= 0.6 is 0 Å². The third kappa shape index (κ3) is 2.72. The molecule has 0 saturated heterocycles. The quantitative estimate of drug-likeness (QED) is 0.867. The highest BCUT2D eigenvalue weighted by atomic mass is 16.5. The minimum Gasteiger partial charge on any atom is -0.496 e. The van der Waals surface area contributed by atoms with Crippen molar-refractivity contribution >= 4 is 10.8 Å². The molecule has 0 bridgehead atoms. The summed E-state index contributed by atoms with van der Waals surface area (Å²) in [6.07, 6.45) is 1.12. The molecule has 102 valence electrons. The number of hydrogen-bond acceptors (Lipinski definition) is 3. The van der Waals surface area contributed by atoms with Crippen molar-refractivity contribution in [3.8, 4) is 5.75 Å². The zero-order chi connectivity index (χ0) is 13.8. The number of fused-ring (bicyclic) bond motifs is 1. The van der Waals surface area contributed by atoms with Gasteiger partial charge in [0.25, 0.3) is 0 Å². The van der Waals surface area contributed by atoms with E-state index in [1.807, 2.05) is 43.3 Å². The Morgan fingerprint density at radius 3 is 2.47 bits per heavy atom. The fraction of sp³-hybridized carbons (Fsp3) is 0.375. The second-order valence-electron chi connectivity index (χ2n) is 4.78. The molecular weight excluding hydrogens is 238 g/mol. The molecule has 0 amide bonds. The van der Waals surface area contributed by atoms with Gasteiger partial charge in [0.1, 0.15) is 5.75 Å². The molecule has 2 aromatic carbocycles. The van der Waals surface area contributed by atoms with Crippen molar-refractivity contribution in [2.75, 3.05) is 7.11 Å². The first-order valence-electron chi connectivity index (χ1n) is 6.68. The summed E-state index contributed by atoms with van der Waals surface area (Å²) in [7, 11) is 1.66. The van der Waals surface area contributed by atoms with Crippen molar-refractivity contribution < 1.29 is 9.84 Å². The topological polar surface area (TPSA) is 55.5 Å². The van der Waals surface area contributed by atoms with E-state index >= 15 is 0 Å². The summed E-state index contributed by atoms with van der Waals surface area (Å²) in [6.45, 7) is 2.04. The second-order valence-corrected chi connectivity index (χ2v) is 4.78. The summed E-state index contributed by atoms with van der Waals surface area (Å²) in [5.41, 5.74) is 7.16. The average Bonchev–Trinajstić information content (AvgIpc) is 2.45. The highest BCUT2D eigenvalue weighted by Crippen LogP contribution is 2.32. The van der Waals surface area contributed by atoms with Crippen molar-refractivity contribution in [2.45, 2.75) is 31.9 Å². The number of ether oxygens (including phenoxy) is 1. The summed E-state index contributed by atoms with van der Waals surface area (Å²) >= 11 is 0. The lowest BCUT2D eigenvalue weighted by atomic mass is 9.94. The number of benzene rings is 2. The van der Waals surface area contributed by atoms with Crippen LogP contribution < -0.4 is 10.5 Å². The fourth-order valence-electron chi connectivity index (χ4n) is 2.45. The van der Waals surface area contributed by atoms with E-state index in [9.17, 15) is 5.11 Å². The molecule has 3 heteroatoms. The molecule has 19 heavy (non-hydrogen) atoms. The van der Waals surface area contributed by atoms with Crippen molar-refractivity contribution in [1.29, 1.82) is 0 Å². The highest BCUT2D eigenvalue weighted by molar-refractivity contribution is 5.91. The van der Waals surface area contributed by atoms with E-state index in [1.165, 1.54) is 0 Å². The third-order valence-corrected chi connectivity index (χ3v) is 3.50. The molecule has 3 nitrogen and oxygen atoms in total. The molecule has 0 radical (unpaired) electrons. The monoisotopic (exact) mass is 259 g/mol. The summed E-state index contributed by atoms with van der Waals surface area (Å²) in [5, 5.41) is 12.2. The molecule has 0 heterocycles. The smallest absolute Gasteiger partial charge is 0.126 e. The lowest BCUT2D eigenvalue weighted by Gasteiger charge is -2.21. The second kappa shape index (κ2) is 6.04. The Hall–Kier alpha value is -1.58. The van der Waals surface area contributed by atoms with Crippen LogP contribution in [0.5, 0.6) is 5.75 Å². The van der Waals surface area contributed by atoms with Gasteiger partial charge in [-0.2, -0.15) is 0 Å². The van der Waals surface area contributed by atoms with Gasteiger partial charge >= 0.3 is 0 Å². The van der Waals surface area contributed by atoms with E-state index in [0.717, 1.165) is 28.5 Å². The van der Waals surface area contributed by atoms with Gasteiger partial charge < -0.3 is 15.6 Å². The molecule has 0 fully saturated rings. The molecule has 2 atom stereocenters. The first-order chi connectivity index (χ1) is 9.19. The standard InChI is InChI=1S/C16H21NO2/c1-3-6-14(18)16(17)13-9-10-15(19-2)12-8-5-4-7-11(12)13/h4-5,7-10,14,16,18H,3,6,17H2,1-2H3/t14-,16+/m0/s1. The molecule has 0 aliphatic rings. The van der Waals surface area contributed by atoms with Crippen LogP contribution in [-0.4, -0.2) is 18.3 Å². The van der Waals surface area contributed by atoms with Crippen LogP contribution in [-0.2, 0) is 0 Å². The van der Waals surface area contributed by atoms with Crippen molar-refractivity contribution in [3.63, 3.8) is 0 Å². The number of rotatable bonds is 5. The Balaban J connectivity index is 2.50. The zero-order valence-corrected chi connectivity index (χ0v) is 11.5. The van der Waals surface area contributed by atoms with E-state index in [-0.39, 0.29) is 6.04 Å². The molecular formula is C16H21NO2. The van der Waals surface area contributed by atoms with E-state index < -0.39 is 6.10 Å². The minimum absolute atomic E-state index is 0.365. The minimum atomic E-state index is -0.512. The number of nitrogens with two attached hydrogens (primary N) is 1. The van der Waals surface area contributed by atoms with Crippen molar-refractivity contribution in [2.24, 2.45) is 5.73 Å². The van der Waals surface area contributed by atoms with Gasteiger partial charge in [-0.1, -0.05) is 43.7 Å². The fourth-order valence-corrected chi connectivity index (χ4v) is 2.45. The SMILES string of the molecule is CCC[C@H](O)[C@H](N)c1ccc(OC)c2ccccc12. The average molecular weight is 259 g/mol. The molecule has 2 rings (SSSR count). The van der Waals surface area contributed by atoms with Gasteiger partial charge in [-0.3, -0.25) is 0 Å². The number of aliphatic hydroxyl groups excluding tert-OH is 1. The van der Waals surface area contributed by atoms with Gasteiger partial charge in [0, 0.05) is 5.39 Å². The number of hydrogen-bond donors (Lipinski definition) is 2.